The van der Waals surface area contributed by atoms with Crippen LogP contribution in [0, 0.1) is 6.92 Å². The predicted molar refractivity (Wildman–Crippen MR) is 81.1 cm³/mol. The predicted octanol–water partition coefficient (Wildman–Crippen LogP) is 2.73. The summed E-state index contributed by atoms with van der Waals surface area (Å²) in [5.74, 6) is -0.0449. The molecule has 2 aromatic carbocycles. The molecule has 1 aromatic heterocycles. The fourth-order valence-electron chi connectivity index (χ4n) is 2.79. The molecule has 2 heterocycles. The van der Waals surface area contributed by atoms with Gasteiger partial charge in [0.25, 0.3) is 5.91 Å². The average Bonchev–Trinajstić information content (AvgIpc) is 2.94. The molecule has 1 unspecified atom stereocenters. The van der Waals surface area contributed by atoms with Gasteiger partial charge in [0.1, 0.15) is 6.17 Å². The average molecular weight is 278 g/mol. The van der Waals surface area contributed by atoms with Gasteiger partial charge in [-0.25, -0.2) is 0 Å². The number of nitrogens with one attached hydrogen (secondary N) is 3. The number of carbonyl (C=O) groups excluding carboxylic acids is 1. The molecule has 4 rings (SSSR count). The van der Waals surface area contributed by atoms with Gasteiger partial charge in [0.2, 0.25) is 0 Å². The summed E-state index contributed by atoms with van der Waals surface area (Å²) in [7, 11) is 0. The summed E-state index contributed by atoms with van der Waals surface area (Å²) in [6.07, 6.45) is 1.55. The number of fused-ring (bicyclic) bond motifs is 2. The highest BCUT2D eigenvalue weighted by molar-refractivity contribution is 6.03. The molecule has 0 spiro atoms. The lowest BCUT2D eigenvalue weighted by molar-refractivity contribution is 0.0935. The van der Waals surface area contributed by atoms with E-state index < -0.39 is 0 Å². The number of rotatable bonds is 1. The van der Waals surface area contributed by atoms with Crippen LogP contribution in [-0.2, 0) is 0 Å². The van der Waals surface area contributed by atoms with Crippen molar-refractivity contribution in [1.82, 2.24) is 15.5 Å². The van der Waals surface area contributed by atoms with E-state index in [-0.39, 0.29) is 12.1 Å². The molecular weight excluding hydrogens is 264 g/mol. The van der Waals surface area contributed by atoms with Gasteiger partial charge < -0.3 is 10.6 Å². The van der Waals surface area contributed by atoms with E-state index in [1.54, 1.807) is 6.20 Å². The van der Waals surface area contributed by atoms with E-state index in [1.807, 2.05) is 43.3 Å². The first-order chi connectivity index (χ1) is 10.2. The van der Waals surface area contributed by atoms with E-state index in [0.717, 1.165) is 33.3 Å². The highest BCUT2D eigenvalue weighted by Gasteiger charge is 2.25. The van der Waals surface area contributed by atoms with Gasteiger partial charge in [-0.3, -0.25) is 9.89 Å². The van der Waals surface area contributed by atoms with Crippen molar-refractivity contribution in [3.63, 3.8) is 0 Å². The number of nitrogens with zero attached hydrogens (tertiary/aromatic N) is 1. The summed E-state index contributed by atoms with van der Waals surface area (Å²) < 4.78 is 0. The smallest absolute Gasteiger partial charge is 0.255 e. The molecule has 1 aliphatic heterocycles. The monoisotopic (exact) mass is 278 g/mol. The van der Waals surface area contributed by atoms with Crippen molar-refractivity contribution in [2.45, 2.75) is 13.1 Å². The molecule has 0 saturated carbocycles. The van der Waals surface area contributed by atoms with Crippen molar-refractivity contribution in [2.24, 2.45) is 0 Å². The van der Waals surface area contributed by atoms with Gasteiger partial charge in [0, 0.05) is 11.1 Å². The van der Waals surface area contributed by atoms with E-state index >= 15 is 0 Å². The Morgan fingerprint density at radius 1 is 1.14 bits per heavy atom. The largest absolute Gasteiger partial charge is 0.361 e. The number of aromatic amines is 1. The fourth-order valence-corrected chi connectivity index (χ4v) is 2.79. The highest BCUT2D eigenvalue weighted by Crippen LogP contribution is 2.29. The zero-order chi connectivity index (χ0) is 14.4. The van der Waals surface area contributed by atoms with E-state index in [2.05, 4.69) is 20.8 Å². The first-order valence-electron chi connectivity index (χ1n) is 6.82. The van der Waals surface area contributed by atoms with E-state index in [0.29, 0.717) is 0 Å². The van der Waals surface area contributed by atoms with Crippen LogP contribution in [0.3, 0.4) is 0 Å². The van der Waals surface area contributed by atoms with Crippen LogP contribution >= 0.6 is 0 Å². The minimum atomic E-state index is -0.237. The molecule has 5 heteroatoms. The van der Waals surface area contributed by atoms with Crippen LogP contribution in [0.2, 0.25) is 0 Å². The summed E-state index contributed by atoms with van der Waals surface area (Å²) in [4.78, 5) is 12.3. The molecule has 0 radical (unpaired) electrons. The summed E-state index contributed by atoms with van der Waals surface area (Å²) in [6.45, 7) is 1.94. The summed E-state index contributed by atoms with van der Waals surface area (Å²) in [5.41, 5.74) is 4.51. The van der Waals surface area contributed by atoms with Crippen molar-refractivity contribution in [3.8, 4) is 0 Å². The first-order valence-corrected chi connectivity index (χ1v) is 6.82. The molecule has 104 valence electrons. The van der Waals surface area contributed by atoms with Crippen molar-refractivity contribution < 1.29 is 4.79 Å². The van der Waals surface area contributed by atoms with Crippen LogP contribution in [-0.4, -0.2) is 16.1 Å². The number of benzene rings is 2. The van der Waals surface area contributed by atoms with Crippen LogP contribution in [0.4, 0.5) is 5.69 Å². The molecule has 0 fully saturated rings. The number of aromatic nitrogens is 2. The van der Waals surface area contributed by atoms with Gasteiger partial charge >= 0.3 is 0 Å². The Bertz CT molecular complexity index is 852. The fraction of sp³-hybridized carbons (Fsp3) is 0.125. The number of anilines is 1. The standard InChI is InChI=1S/C16H14N4O/c1-9-3-2-4-12-14(9)16(21)19-15(18-12)10-5-6-11-8-17-20-13(11)7-10/h2-8,15,18H,1H3,(H,17,20)(H,19,21). The number of amides is 1. The number of aryl methyl sites for hydroxylation is 1. The van der Waals surface area contributed by atoms with Crippen molar-refractivity contribution >= 4 is 22.5 Å². The molecule has 1 amide bonds. The second-order valence-electron chi connectivity index (χ2n) is 5.26. The lowest BCUT2D eigenvalue weighted by atomic mass is 10.0. The Kier molecular flexibility index (Phi) is 2.47. The first kappa shape index (κ1) is 12.0. The van der Waals surface area contributed by atoms with Gasteiger partial charge in [0.05, 0.1) is 17.3 Å². The van der Waals surface area contributed by atoms with Crippen LogP contribution in [0.1, 0.15) is 27.7 Å². The molecule has 5 nitrogen and oxygen atoms in total. The lowest BCUT2D eigenvalue weighted by Crippen LogP contribution is -2.38. The Hall–Kier alpha value is -2.82. The van der Waals surface area contributed by atoms with Crippen LogP contribution in [0.5, 0.6) is 0 Å². The Morgan fingerprint density at radius 3 is 2.95 bits per heavy atom. The Labute approximate surface area is 121 Å². The minimum absolute atomic E-state index is 0.0449. The summed E-state index contributed by atoms with van der Waals surface area (Å²) in [6, 6.07) is 11.8. The van der Waals surface area contributed by atoms with E-state index in [1.165, 1.54) is 0 Å². The maximum absolute atomic E-state index is 12.3. The third kappa shape index (κ3) is 1.86. The van der Waals surface area contributed by atoms with Gasteiger partial charge in [-0.05, 0) is 30.2 Å². The number of hydrogen-bond acceptors (Lipinski definition) is 3. The second kappa shape index (κ2) is 4.34. The van der Waals surface area contributed by atoms with Crippen molar-refractivity contribution in [1.29, 1.82) is 0 Å². The van der Waals surface area contributed by atoms with E-state index in [9.17, 15) is 4.79 Å². The summed E-state index contributed by atoms with van der Waals surface area (Å²) >= 11 is 0. The molecule has 1 aliphatic rings. The molecule has 0 aliphatic carbocycles. The minimum Gasteiger partial charge on any atom is -0.361 e. The normalized spacial score (nSPS) is 17.2. The maximum Gasteiger partial charge on any atom is 0.255 e. The molecule has 0 bridgehead atoms. The molecular formula is C16H14N4O. The molecule has 1 atom stereocenters. The highest BCUT2D eigenvalue weighted by atomic mass is 16.2. The van der Waals surface area contributed by atoms with E-state index in [4.69, 9.17) is 0 Å². The number of carbonyl (C=O) groups is 1. The zero-order valence-corrected chi connectivity index (χ0v) is 11.5. The third-order valence-electron chi connectivity index (χ3n) is 3.87. The number of H-pyrrole nitrogens is 1. The Morgan fingerprint density at radius 2 is 2.05 bits per heavy atom. The van der Waals surface area contributed by atoms with Crippen molar-refractivity contribution in [2.75, 3.05) is 5.32 Å². The van der Waals surface area contributed by atoms with Crippen molar-refractivity contribution in [3.05, 3.63) is 59.3 Å². The van der Waals surface area contributed by atoms with Gasteiger partial charge in [-0.15, -0.1) is 0 Å². The third-order valence-corrected chi connectivity index (χ3v) is 3.87. The molecule has 3 N–H and O–H groups in total. The topological polar surface area (TPSA) is 69.8 Å². The zero-order valence-electron chi connectivity index (χ0n) is 11.5. The second-order valence-corrected chi connectivity index (χ2v) is 5.26. The van der Waals surface area contributed by atoms with Gasteiger partial charge in [-0.2, -0.15) is 5.10 Å². The number of hydrogen-bond donors (Lipinski definition) is 3. The van der Waals surface area contributed by atoms with Crippen LogP contribution < -0.4 is 10.6 Å². The summed E-state index contributed by atoms with van der Waals surface area (Å²) in [5, 5.41) is 14.4. The van der Waals surface area contributed by atoms with Crippen LogP contribution in [0.25, 0.3) is 10.9 Å². The molecule has 3 aromatic rings. The molecule has 0 saturated heterocycles. The Balaban J connectivity index is 1.76. The van der Waals surface area contributed by atoms with Gasteiger partial charge in [-0.1, -0.05) is 24.3 Å². The van der Waals surface area contributed by atoms with Gasteiger partial charge in [0.15, 0.2) is 0 Å². The maximum atomic E-state index is 12.3. The lowest BCUT2D eigenvalue weighted by Gasteiger charge is -2.29. The van der Waals surface area contributed by atoms with Crippen LogP contribution in [0.15, 0.2) is 42.6 Å². The quantitative estimate of drug-likeness (QED) is 0.641. The molecule has 21 heavy (non-hydrogen) atoms. The SMILES string of the molecule is Cc1cccc2c1C(=O)NC(c1ccc3cn[nH]c3c1)N2.